The molecule has 0 heterocycles. The third kappa shape index (κ3) is 2.35. The normalized spacial score (nSPS) is 10.7. The molecule has 0 aliphatic carbocycles. The monoisotopic (exact) mass is 209 g/mol. The smallest absolute Gasteiger partial charge is 0.387 e. The molecule has 0 radical (unpaired) electrons. The molecule has 0 spiro atoms. The fourth-order valence-electron chi connectivity index (χ4n) is 0.917. The molecule has 6 heteroatoms. The Balaban J connectivity index is 3.07. The van der Waals surface area contributed by atoms with Gasteiger partial charge in [-0.2, -0.15) is 13.2 Å². The second-order valence-electron chi connectivity index (χ2n) is 2.47. The maximum absolute atomic E-state index is 12.8. The van der Waals surface area contributed by atoms with Crippen molar-refractivity contribution in [3.63, 3.8) is 0 Å². The van der Waals surface area contributed by atoms with E-state index in [2.05, 4.69) is 4.74 Å². The van der Waals surface area contributed by atoms with E-state index in [1.807, 2.05) is 0 Å². The molecule has 0 amide bonds. The molecule has 0 atom stereocenters. The van der Waals surface area contributed by atoms with E-state index in [0.29, 0.717) is 0 Å². The first-order valence-electron chi connectivity index (χ1n) is 3.67. The van der Waals surface area contributed by atoms with Crippen LogP contribution >= 0.6 is 0 Å². The summed E-state index contributed by atoms with van der Waals surface area (Å²) >= 11 is 0. The molecular formula is C8H7F4NO. The second kappa shape index (κ2) is 4.28. The van der Waals surface area contributed by atoms with Crippen LogP contribution in [0.25, 0.3) is 0 Å². The summed E-state index contributed by atoms with van der Waals surface area (Å²) in [6, 6.07) is 1.76. The number of nitrogens with two attached hydrogens (primary N) is 1. The van der Waals surface area contributed by atoms with Crippen molar-refractivity contribution in [2.45, 2.75) is 13.2 Å². The Morgan fingerprint density at radius 2 is 1.93 bits per heavy atom. The zero-order chi connectivity index (χ0) is 10.7. The summed E-state index contributed by atoms with van der Waals surface area (Å²) in [7, 11) is 0. The number of rotatable bonds is 3. The molecule has 0 saturated carbocycles. The van der Waals surface area contributed by atoms with Crippen molar-refractivity contribution < 1.29 is 22.3 Å². The Bertz CT molecular complexity index is 329. The SMILES string of the molecule is NCc1cc(F)c(F)c(OC(F)F)c1. The molecule has 0 fully saturated rings. The summed E-state index contributed by atoms with van der Waals surface area (Å²) in [4.78, 5) is 0. The lowest BCUT2D eigenvalue weighted by Crippen LogP contribution is -2.07. The Morgan fingerprint density at radius 3 is 2.43 bits per heavy atom. The summed E-state index contributed by atoms with van der Waals surface area (Å²) in [6.07, 6.45) is 0. The Labute approximate surface area is 77.3 Å². The fraction of sp³-hybridized carbons (Fsp3) is 0.250. The average Bonchev–Trinajstić information content (AvgIpc) is 2.11. The number of alkyl halides is 2. The number of hydrogen-bond acceptors (Lipinski definition) is 2. The van der Waals surface area contributed by atoms with Crippen LogP contribution < -0.4 is 10.5 Å². The first-order chi connectivity index (χ1) is 6.54. The van der Waals surface area contributed by atoms with Crippen molar-refractivity contribution in [1.82, 2.24) is 0 Å². The average molecular weight is 209 g/mol. The predicted molar refractivity (Wildman–Crippen MR) is 40.9 cm³/mol. The van der Waals surface area contributed by atoms with Crippen molar-refractivity contribution in [1.29, 1.82) is 0 Å². The Kier molecular flexibility index (Phi) is 3.29. The first kappa shape index (κ1) is 10.8. The fourth-order valence-corrected chi connectivity index (χ4v) is 0.917. The minimum absolute atomic E-state index is 0.0865. The molecule has 0 aliphatic heterocycles. The summed E-state index contributed by atoms with van der Waals surface area (Å²) in [5.41, 5.74) is 5.32. The molecule has 78 valence electrons. The number of hydrogen-bond donors (Lipinski definition) is 1. The van der Waals surface area contributed by atoms with Crippen LogP contribution in [0.4, 0.5) is 17.6 Å². The standard InChI is InChI=1S/C8H7F4NO/c9-5-1-4(3-13)2-6(7(5)10)14-8(11)12/h1-2,8H,3,13H2. The molecule has 1 aromatic rings. The van der Waals surface area contributed by atoms with Crippen LogP contribution in [0.1, 0.15) is 5.56 Å². The van der Waals surface area contributed by atoms with Gasteiger partial charge in [0, 0.05) is 6.54 Å². The zero-order valence-corrected chi connectivity index (χ0v) is 6.94. The molecule has 2 N–H and O–H groups in total. The molecule has 0 saturated heterocycles. The molecular weight excluding hydrogens is 202 g/mol. The molecule has 2 nitrogen and oxygen atoms in total. The van der Waals surface area contributed by atoms with Crippen LogP contribution in [-0.4, -0.2) is 6.61 Å². The van der Waals surface area contributed by atoms with E-state index in [0.717, 1.165) is 12.1 Å². The minimum atomic E-state index is -3.20. The van der Waals surface area contributed by atoms with Gasteiger partial charge in [-0.05, 0) is 17.7 Å². The highest BCUT2D eigenvalue weighted by molar-refractivity contribution is 5.31. The summed E-state index contributed by atoms with van der Waals surface area (Å²) in [5.74, 6) is -3.54. The third-order valence-electron chi connectivity index (χ3n) is 1.51. The van der Waals surface area contributed by atoms with Crippen molar-refractivity contribution >= 4 is 0 Å². The summed E-state index contributed by atoms with van der Waals surface area (Å²) < 4.78 is 52.7. The van der Waals surface area contributed by atoms with Gasteiger partial charge in [-0.15, -0.1) is 0 Å². The van der Waals surface area contributed by atoms with E-state index in [1.54, 1.807) is 0 Å². The van der Waals surface area contributed by atoms with Crippen molar-refractivity contribution in [3.8, 4) is 5.75 Å². The van der Waals surface area contributed by atoms with Gasteiger partial charge in [0.25, 0.3) is 0 Å². The van der Waals surface area contributed by atoms with Gasteiger partial charge in [-0.1, -0.05) is 0 Å². The zero-order valence-electron chi connectivity index (χ0n) is 6.94. The van der Waals surface area contributed by atoms with Crippen LogP contribution in [-0.2, 0) is 6.54 Å². The Morgan fingerprint density at radius 1 is 1.29 bits per heavy atom. The highest BCUT2D eigenvalue weighted by atomic mass is 19.3. The molecule has 1 aromatic carbocycles. The molecule has 0 aromatic heterocycles. The number of ether oxygens (including phenoxy) is 1. The largest absolute Gasteiger partial charge is 0.432 e. The maximum Gasteiger partial charge on any atom is 0.387 e. The van der Waals surface area contributed by atoms with Gasteiger partial charge in [0.1, 0.15) is 0 Å². The second-order valence-corrected chi connectivity index (χ2v) is 2.47. The van der Waals surface area contributed by atoms with E-state index in [4.69, 9.17) is 5.73 Å². The summed E-state index contributed by atoms with van der Waals surface area (Å²) in [6.45, 7) is -3.28. The lowest BCUT2D eigenvalue weighted by atomic mass is 10.2. The molecule has 0 aliphatic rings. The highest BCUT2D eigenvalue weighted by Crippen LogP contribution is 2.23. The van der Waals surface area contributed by atoms with Gasteiger partial charge in [0.05, 0.1) is 0 Å². The number of benzene rings is 1. The highest BCUT2D eigenvalue weighted by Gasteiger charge is 2.15. The van der Waals surface area contributed by atoms with Crippen molar-refractivity contribution in [2.24, 2.45) is 5.73 Å². The third-order valence-corrected chi connectivity index (χ3v) is 1.51. The number of halogens is 4. The molecule has 0 unspecified atom stereocenters. The van der Waals surface area contributed by atoms with Gasteiger partial charge < -0.3 is 10.5 Å². The topological polar surface area (TPSA) is 35.2 Å². The van der Waals surface area contributed by atoms with Crippen molar-refractivity contribution in [3.05, 3.63) is 29.3 Å². The Hall–Kier alpha value is -1.30. The van der Waals surface area contributed by atoms with Crippen molar-refractivity contribution in [2.75, 3.05) is 0 Å². The van der Waals surface area contributed by atoms with E-state index in [9.17, 15) is 17.6 Å². The van der Waals surface area contributed by atoms with E-state index >= 15 is 0 Å². The van der Waals surface area contributed by atoms with Gasteiger partial charge in [0.15, 0.2) is 11.6 Å². The quantitative estimate of drug-likeness (QED) is 0.773. The maximum atomic E-state index is 12.8. The molecule has 14 heavy (non-hydrogen) atoms. The minimum Gasteiger partial charge on any atom is -0.432 e. The van der Waals surface area contributed by atoms with E-state index in [1.165, 1.54) is 0 Å². The lowest BCUT2D eigenvalue weighted by molar-refractivity contribution is -0.0525. The van der Waals surface area contributed by atoms with Gasteiger partial charge in [-0.3, -0.25) is 0 Å². The lowest BCUT2D eigenvalue weighted by Gasteiger charge is -2.07. The first-order valence-corrected chi connectivity index (χ1v) is 3.67. The van der Waals surface area contributed by atoms with Gasteiger partial charge in [0.2, 0.25) is 5.82 Å². The van der Waals surface area contributed by atoms with Crippen LogP contribution in [0.5, 0.6) is 5.75 Å². The van der Waals surface area contributed by atoms with Gasteiger partial charge >= 0.3 is 6.61 Å². The molecule has 1 rings (SSSR count). The van der Waals surface area contributed by atoms with E-state index < -0.39 is 24.0 Å². The van der Waals surface area contributed by atoms with E-state index in [-0.39, 0.29) is 12.1 Å². The van der Waals surface area contributed by atoms with Crippen LogP contribution in [0, 0.1) is 11.6 Å². The summed E-state index contributed by atoms with van der Waals surface area (Å²) in [5, 5.41) is 0. The van der Waals surface area contributed by atoms with Crippen LogP contribution in [0.3, 0.4) is 0 Å². The van der Waals surface area contributed by atoms with Gasteiger partial charge in [-0.25, -0.2) is 4.39 Å². The van der Waals surface area contributed by atoms with Crippen LogP contribution in [0.15, 0.2) is 12.1 Å². The molecule has 0 bridgehead atoms. The predicted octanol–water partition coefficient (Wildman–Crippen LogP) is 2.02. The van der Waals surface area contributed by atoms with Crippen LogP contribution in [0.2, 0.25) is 0 Å².